The highest BCUT2D eigenvalue weighted by molar-refractivity contribution is 6.40. The van der Waals surface area contributed by atoms with Crippen molar-refractivity contribution in [2.45, 2.75) is 25.9 Å². The summed E-state index contributed by atoms with van der Waals surface area (Å²) in [7, 11) is 0. The van der Waals surface area contributed by atoms with E-state index < -0.39 is 24.6 Å². The number of benzene rings is 1. The Morgan fingerprint density at radius 3 is 2.86 bits per heavy atom. The zero-order valence-electron chi connectivity index (χ0n) is 11.4. The van der Waals surface area contributed by atoms with Gasteiger partial charge in [-0.15, -0.1) is 0 Å². The maximum absolute atomic E-state index is 11.8. The van der Waals surface area contributed by atoms with Crippen LogP contribution in [-0.2, 0) is 19.1 Å². The highest BCUT2D eigenvalue weighted by atomic mass is 35.5. The van der Waals surface area contributed by atoms with Gasteiger partial charge >= 0.3 is 5.97 Å². The van der Waals surface area contributed by atoms with Gasteiger partial charge in [-0.1, -0.05) is 29.3 Å². The number of carbonyl (C=O) groups excluding carboxylic acids is 2. The maximum Gasteiger partial charge on any atom is 0.335 e. The molecule has 1 N–H and O–H groups in total. The molecule has 1 aromatic rings. The molecule has 0 saturated carbocycles. The Bertz CT molecular complexity index is 556. The van der Waals surface area contributed by atoms with Crippen LogP contribution in [0.2, 0.25) is 10.0 Å². The molecular weight excluding hydrogens is 317 g/mol. The summed E-state index contributed by atoms with van der Waals surface area (Å²) in [4.78, 5) is 23.4. The van der Waals surface area contributed by atoms with Crippen molar-refractivity contribution in [1.29, 1.82) is 0 Å². The van der Waals surface area contributed by atoms with Crippen LogP contribution in [0, 0.1) is 6.92 Å². The van der Waals surface area contributed by atoms with Crippen LogP contribution in [-0.4, -0.2) is 31.2 Å². The van der Waals surface area contributed by atoms with Gasteiger partial charge in [-0.3, -0.25) is 4.79 Å². The smallest absolute Gasteiger partial charge is 0.335 e. The molecular formula is C14H15Cl2NO4. The summed E-state index contributed by atoms with van der Waals surface area (Å²) >= 11 is 12.1. The van der Waals surface area contributed by atoms with Crippen LogP contribution in [0.4, 0.5) is 5.69 Å². The number of hydrogen-bond acceptors (Lipinski definition) is 4. The normalized spacial score (nSPS) is 17.6. The van der Waals surface area contributed by atoms with E-state index in [4.69, 9.17) is 32.7 Å². The summed E-state index contributed by atoms with van der Waals surface area (Å²) in [6, 6.07) is 3.38. The lowest BCUT2D eigenvalue weighted by Crippen LogP contribution is -2.27. The molecule has 1 unspecified atom stereocenters. The van der Waals surface area contributed by atoms with E-state index in [1.165, 1.54) is 0 Å². The van der Waals surface area contributed by atoms with Gasteiger partial charge in [0.05, 0.1) is 15.7 Å². The van der Waals surface area contributed by atoms with Crippen LogP contribution >= 0.6 is 23.2 Å². The number of anilines is 1. The van der Waals surface area contributed by atoms with Gasteiger partial charge in [0, 0.05) is 6.61 Å². The van der Waals surface area contributed by atoms with Crippen LogP contribution in [0.3, 0.4) is 0 Å². The minimum Gasteiger partial charge on any atom is -0.454 e. The number of ether oxygens (including phenoxy) is 2. The molecule has 114 valence electrons. The summed E-state index contributed by atoms with van der Waals surface area (Å²) in [6.07, 6.45) is 0.875. The van der Waals surface area contributed by atoms with Crippen molar-refractivity contribution in [3.8, 4) is 0 Å². The molecule has 1 aliphatic heterocycles. The standard InChI is InChI=1S/C14H15Cl2NO4/c1-8-4-5-9(15)13(12(8)16)17-11(18)7-21-14(19)10-3-2-6-20-10/h4-5,10H,2-3,6-7H2,1H3,(H,17,18). The molecule has 1 saturated heterocycles. The number of hydrogen-bond donors (Lipinski definition) is 1. The van der Waals surface area contributed by atoms with Crippen molar-refractivity contribution in [3.63, 3.8) is 0 Å². The fraction of sp³-hybridized carbons (Fsp3) is 0.429. The average Bonchev–Trinajstić information content (AvgIpc) is 2.99. The van der Waals surface area contributed by atoms with Gasteiger partial charge in [0.1, 0.15) is 0 Å². The van der Waals surface area contributed by atoms with Crippen LogP contribution in [0.15, 0.2) is 12.1 Å². The summed E-state index contributed by atoms with van der Waals surface area (Å²) in [6.45, 7) is 1.94. The van der Waals surface area contributed by atoms with Crippen molar-refractivity contribution in [3.05, 3.63) is 27.7 Å². The molecule has 0 aliphatic carbocycles. The minimum absolute atomic E-state index is 0.316. The Morgan fingerprint density at radius 1 is 1.43 bits per heavy atom. The van der Waals surface area contributed by atoms with Crippen molar-refractivity contribution in [2.75, 3.05) is 18.5 Å². The van der Waals surface area contributed by atoms with E-state index in [1.807, 2.05) is 0 Å². The van der Waals surface area contributed by atoms with Crippen molar-refractivity contribution < 1.29 is 19.1 Å². The first-order chi connectivity index (χ1) is 9.99. The van der Waals surface area contributed by atoms with Crippen LogP contribution in [0.25, 0.3) is 0 Å². The Kier molecular flexibility index (Phi) is 5.45. The lowest BCUT2D eigenvalue weighted by Gasteiger charge is -2.12. The van der Waals surface area contributed by atoms with Crippen LogP contribution < -0.4 is 5.32 Å². The van der Waals surface area contributed by atoms with Gasteiger partial charge in [-0.2, -0.15) is 0 Å². The topological polar surface area (TPSA) is 64.6 Å². The van der Waals surface area contributed by atoms with Gasteiger partial charge in [0.2, 0.25) is 0 Å². The van der Waals surface area contributed by atoms with E-state index in [1.54, 1.807) is 19.1 Å². The first-order valence-corrected chi connectivity index (χ1v) is 7.27. The zero-order valence-corrected chi connectivity index (χ0v) is 13.0. The SMILES string of the molecule is Cc1ccc(Cl)c(NC(=O)COC(=O)C2CCCO2)c1Cl. The predicted octanol–water partition coefficient (Wildman–Crippen LogP) is 2.96. The number of halogens is 2. The predicted molar refractivity (Wildman–Crippen MR) is 79.8 cm³/mol. The van der Waals surface area contributed by atoms with Gasteiger partial charge in [-0.25, -0.2) is 4.79 Å². The Balaban J connectivity index is 1.90. The third-order valence-electron chi connectivity index (χ3n) is 3.09. The third kappa shape index (κ3) is 4.09. The second-order valence-corrected chi connectivity index (χ2v) is 5.50. The van der Waals surface area contributed by atoms with Crippen LogP contribution in [0.1, 0.15) is 18.4 Å². The Hall–Kier alpha value is -1.30. The lowest BCUT2D eigenvalue weighted by molar-refractivity contribution is -0.156. The van der Waals surface area contributed by atoms with E-state index in [-0.39, 0.29) is 0 Å². The molecule has 1 atom stereocenters. The molecule has 1 fully saturated rings. The second-order valence-electron chi connectivity index (χ2n) is 4.71. The van der Waals surface area contributed by atoms with E-state index >= 15 is 0 Å². The first-order valence-electron chi connectivity index (χ1n) is 6.51. The first kappa shape index (κ1) is 16.1. The number of amides is 1. The molecule has 21 heavy (non-hydrogen) atoms. The molecule has 7 heteroatoms. The quantitative estimate of drug-likeness (QED) is 0.861. The largest absolute Gasteiger partial charge is 0.454 e. The lowest BCUT2D eigenvalue weighted by atomic mass is 10.2. The fourth-order valence-corrected chi connectivity index (χ4v) is 2.41. The van der Waals surface area contributed by atoms with Gasteiger partial charge in [0.15, 0.2) is 12.7 Å². The summed E-state index contributed by atoms with van der Waals surface area (Å²) < 4.78 is 10.1. The second kappa shape index (κ2) is 7.11. The van der Waals surface area contributed by atoms with E-state index in [0.717, 1.165) is 12.0 Å². The molecule has 1 amide bonds. The molecule has 0 bridgehead atoms. The van der Waals surface area contributed by atoms with Gasteiger partial charge in [-0.05, 0) is 31.4 Å². The number of nitrogens with one attached hydrogen (secondary N) is 1. The molecule has 0 spiro atoms. The highest BCUT2D eigenvalue weighted by Crippen LogP contribution is 2.32. The average molecular weight is 332 g/mol. The molecule has 1 aliphatic rings. The fourth-order valence-electron chi connectivity index (χ4n) is 1.94. The number of carbonyl (C=O) groups is 2. The molecule has 5 nitrogen and oxygen atoms in total. The Labute approximate surface area is 132 Å². The number of esters is 1. The zero-order chi connectivity index (χ0) is 15.4. The highest BCUT2D eigenvalue weighted by Gasteiger charge is 2.25. The van der Waals surface area contributed by atoms with E-state index in [9.17, 15) is 9.59 Å². The van der Waals surface area contributed by atoms with Gasteiger partial charge < -0.3 is 14.8 Å². The third-order valence-corrected chi connectivity index (χ3v) is 3.89. The maximum atomic E-state index is 11.8. The van der Waals surface area contributed by atoms with Crippen molar-refractivity contribution in [1.82, 2.24) is 0 Å². The van der Waals surface area contributed by atoms with Crippen LogP contribution in [0.5, 0.6) is 0 Å². The Morgan fingerprint density at radius 2 is 2.19 bits per heavy atom. The number of aryl methyl sites for hydroxylation is 1. The van der Waals surface area contributed by atoms with E-state index in [2.05, 4.69) is 5.32 Å². The minimum atomic E-state index is -0.566. The van der Waals surface area contributed by atoms with Gasteiger partial charge in [0.25, 0.3) is 5.91 Å². The monoisotopic (exact) mass is 331 g/mol. The summed E-state index contributed by atoms with van der Waals surface area (Å²) in [5.41, 5.74) is 1.10. The van der Waals surface area contributed by atoms with Crippen molar-refractivity contribution >= 4 is 40.8 Å². The molecule has 0 radical (unpaired) electrons. The number of rotatable bonds is 4. The summed E-state index contributed by atoms with van der Waals surface area (Å²) in [5.74, 6) is -1.03. The molecule has 0 aromatic heterocycles. The van der Waals surface area contributed by atoms with E-state index in [0.29, 0.717) is 28.8 Å². The molecule has 1 aromatic carbocycles. The summed E-state index contributed by atoms with van der Waals surface area (Å²) in [5, 5.41) is 3.23. The van der Waals surface area contributed by atoms with Crippen molar-refractivity contribution in [2.24, 2.45) is 0 Å². The molecule has 1 heterocycles. The molecule has 2 rings (SSSR count).